The highest BCUT2D eigenvalue weighted by molar-refractivity contribution is 7.71. The third kappa shape index (κ3) is 2.54. The molecule has 1 N–H and O–H groups in total. The van der Waals surface area contributed by atoms with Crippen molar-refractivity contribution in [3.8, 4) is 17.2 Å². The molecule has 0 bridgehead atoms. The Morgan fingerprint density at radius 3 is 2.90 bits per heavy atom. The normalized spacial score (nSPS) is 17.9. The molecule has 0 amide bonds. The third-order valence-corrected chi connectivity index (χ3v) is 3.82. The summed E-state index contributed by atoms with van der Waals surface area (Å²) in [6, 6.07) is 5.57. The molecule has 1 atom stereocenters. The van der Waals surface area contributed by atoms with Crippen LogP contribution in [0.2, 0.25) is 0 Å². The van der Waals surface area contributed by atoms with Gasteiger partial charge in [0.05, 0.1) is 19.9 Å². The van der Waals surface area contributed by atoms with Crippen LogP contribution in [0, 0.1) is 4.77 Å². The molecular weight excluding hydrogens is 290 g/mol. The zero-order valence-electron chi connectivity index (χ0n) is 12.0. The molecule has 0 radical (unpaired) electrons. The highest BCUT2D eigenvalue weighted by Crippen LogP contribution is 2.33. The average molecular weight is 307 g/mol. The molecule has 0 aliphatic carbocycles. The third-order valence-electron chi connectivity index (χ3n) is 3.54. The lowest BCUT2D eigenvalue weighted by Crippen LogP contribution is -2.08. The van der Waals surface area contributed by atoms with Gasteiger partial charge in [0.2, 0.25) is 0 Å². The van der Waals surface area contributed by atoms with Crippen LogP contribution in [0.4, 0.5) is 0 Å². The molecular formula is C14H17N3O3S. The van der Waals surface area contributed by atoms with Crippen molar-refractivity contribution >= 4 is 12.2 Å². The maximum absolute atomic E-state index is 5.72. The minimum absolute atomic E-state index is 0.0474. The lowest BCUT2D eigenvalue weighted by Gasteiger charge is -2.15. The van der Waals surface area contributed by atoms with Gasteiger partial charge in [-0.1, -0.05) is 0 Å². The quantitative estimate of drug-likeness (QED) is 0.880. The van der Waals surface area contributed by atoms with E-state index in [4.69, 9.17) is 26.4 Å². The number of benzene rings is 1. The Morgan fingerprint density at radius 1 is 1.38 bits per heavy atom. The number of hydrogen-bond acceptors (Lipinski definition) is 5. The van der Waals surface area contributed by atoms with Gasteiger partial charge in [-0.2, -0.15) is 5.10 Å². The topological polar surface area (TPSA) is 61.3 Å². The maximum Gasteiger partial charge on any atom is 0.200 e. The van der Waals surface area contributed by atoms with Crippen molar-refractivity contribution in [1.29, 1.82) is 0 Å². The van der Waals surface area contributed by atoms with Crippen LogP contribution in [-0.4, -0.2) is 35.6 Å². The number of ether oxygens (including phenoxy) is 3. The van der Waals surface area contributed by atoms with Crippen molar-refractivity contribution in [2.75, 3.05) is 20.8 Å². The van der Waals surface area contributed by atoms with Gasteiger partial charge in [0.25, 0.3) is 0 Å². The monoisotopic (exact) mass is 307 g/mol. The zero-order valence-corrected chi connectivity index (χ0v) is 12.8. The summed E-state index contributed by atoms with van der Waals surface area (Å²) in [5.74, 6) is 2.20. The lowest BCUT2D eigenvalue weighted by atomic mass is 10.2. The van der Waals surface area contributed by atoms with E-state index in [2.05, 4.69) is 10.2 Å². The molecule has 1 aromatic heterocycles. The minimum atomic E-state index is -0.0474. The Kier molecular flexibility index (Phi) is 3.94. The first-order valence-electron chi connectivity index (χ1n) is 6.76. The van der Waals surface area contributed by atoms with E-state index >= 15 is 0 Å². The van der Waals surface area contributed by atoms with Crippen molar-refractivity contribution in [2.45, 2.75) is 18.9 Å². The van der Waals surface area contributed by atoms with Gasteiger partial charge in [0, 0.05) is 12.7 Å². The second-order valence-corrected chi connectivity index (χ2v) is 5.15. The fourth-order valence-corrected chi connectivity index (χ4v) is 2.75. The molecule has 1 aliphatic heterocycles. The van der Waals surface area contributed by atoms with Gasteiger partial charge in [0.1, 0.15) is 17.6 Å². The van der Waals surface area contributed by atoms with Gasteiger partial charge < -0.3 is 14.2 Å². The van der Waals surface area contributed by atoms with Crippen LogP contribution in [-0.2, 0) is 4.74 Å². The Morgan fingerprint density at radius 2 is 2.24 bits per heavy atom. The number of aromatic amines is 1. The SMILES string of the molecule is COc1ccc(OC)c(-n2c([C@H]3CCCO3)n[nH]c2=S)c1. The molecule has 112 valence electrons. The lowest BCUT2D eigenvalue weighted by molar-refractivity contribution is 0.103. The largest absolute Gasteiger partial charge is 0.497 e. The number of nitrogens with zero attached hydrogens (tertiary/aromatic N) is 2. The average Bonchev–Trinajstić information content (AvgIpc) is 3.15. The molecule has 1 aromatic carbocycles. The summed E-state index contributed by atoms with van der Waals surface area (Å²) in [4.78, 5) is 0. The molecule has 21 heavy (non-hydrogen) atoms. The molecule has 3 rings (SSSR count). The van der Waals surface area contributed by atoms with Crippen molar-refractivity contribution in [1.82, 2.24) is 14.8 Å². The molecule has 0 spiro atoms. The summed E-state index contributed by atoms with van der Waals surface area (Å²) in [6.07, 6.45) is 1.92. The zero-order chi connectivity index (χ0) is 14.8. The van der Waals surface area contributed by atoms with Gasteiger partial charge >= 0.3 is 0 Å². The minimum Gasteiger partial charge on any atom is -0.497 e. The van der Waals surface area contributed by atoms with Crippen molar-refractivity contribution in [3.05, 3.63) is 28.8 Å². The maximum atomic E-state index is 5.72. The van der Waals surface area contributed by atoms with Crippen LogP contribution in [0.1, 0.15) is 24.8 Å². The molecule has 6 nitrogen and oxygen atoms in total. The predicted molar refractivity (Wildman–Crippen MR) is 79.8 cm³/mol. The number of methoxy groups -OCH3 is 2. The predicted octanol–water partition coefficient (Wildman–Crippen LogP) is 2.80. The highest BCUT2D eigenvalue weighted by atomic mass is 32.1. The Labute approximate surface area is 127 Å². The summed E-state index contributed by atoms with van der Waals surface area (Å²) in [6.45, 7) is 0.750. The van der Waals surface area contributed by atoms with Crippen molar-refractivity contribution in [3.63, 3.8) is 0 Å². The number of H-pyrrole nitrogens is 1. The van der Waals surface area contributed by atoms with E-state index < -0.39 is 0 Å². The van der Waals surface area contributed by atoms with Gasteiger partial charge in [-0.25, -0.2) is 0 Å². The first kappa shape index (κ1) is 14.1. The summed E-state index contributed by atoms with van der Waals surface area (Å²) in [5, 5.41) is 7.17. The van der Waals surface area contributed by atoms with Crippen LogP contribution in [0.5, 0.6) is 11.5 Å². The molecule has 7 heteroatoms. The second kappa shape index (κ2) is 5.87. The van der Waals surface area contributed by atoms with Crippen molar-refractivity contribution in [2.24, 2.45) is 0 Å². The number of hydrogen-bond donors (Lipinski definition) is 1. The van der Waals surface area contributed by atoms with E-state index in [0.29, 0.717) is 10.5 Å². The van der Waals surface area contributed by atoms with Crippen LogP contribution in [0.25, 0.3) is 5.69 Å². The van der Waals surface area contributed by atoms with E-state index in [9.17, 15) is 0 Å². The highest BCUT2D eigenvalue weighted by Gasteiger charge is 2.25. The van der Waals surface area contributed by atoms with E-state index in [1.165, 1.54) is 0 Å². The molecule has 2 heterocycles. The Hall–Kier alpha value is -1.86. The molecule has 0 unspecified atom stereocenters. The number of rotatable bonds is 4. The van der Waals surface area contributed by atoms with Gasteiger partial charge in [-0.05, 0) is 37.2 Å². The first-order chi connectivity index (χ1) is 10.2. The van der Waals surface area contributed by atoms with Crippen LogP contribution < -0.4 is 9.47 Å². The van der Waals surface area contributed by atoms with Crippen LogP contribution in [0.15, 0.2) is 18.2 Å². The van der Waals surface area contributed by atoms with E-state index in [1.807, 2.05) is 22.8 Å². The van der Waals surface area contributed by atoms with Crippen LogP contribution >= 0.6 is 12.2 Å². The van der Waals surface area contributed by atoms with Gasteiger partial charge in [0.15, 0.2) is 10.6 Å². The molecule has 1 saturated heterocycles. The Bertz CT molecular complexity index is 689. The smallest absolute Gasteiger partial charge is 0.200 e. The van der Waals surface area contributed by atoms with Gasteiger partial charge in [-0.15, -0.1) is 0 Å². The fraction of sp³-hybridized carbons (Fsp3) is 0.429. The Balaban J connectivity index is 2.15. The van der Waals surface area contributed by atoms with E-state index in [1.54, 1.807) is 14.2 Å². The van der Waals surface area contributed by atoms with E-state index in [0.717, 1.165) is 36.7 Å². The summed E-state index contributed by atoms with van der Waals surface area (Å²) in [7, 11) is 3.25. The summed E-state index contributed by atoms with van der Waals surface area (Å²) < 4.78 is 18.8. The molecule has 1 aliphatic rings. The van der Waals surface area contributed by atoms with Crippen LogP contribution in [0.3, 0.4) is 0 Å². The molecule has 1 fully saturated rings. The van der Waals surface area contributed by atoms with Gasteiger partial charge in [-0.3, -0.25) is 9.67 Å². The number of nitrogens with one attached hydrogen (secondary N) is 1. The van der Waals surface area contributed by atoms with E-state index in [-0.39, 0.29) is 6.10 Å². The second-order valence-electron chi connectivity index (χ2n) is 4.76. The number of aromatic nitrogens is 3. The molecule has 2 aromatic rings. The summed E-state index contributed by atoms with van der Waals surface area (Å²) in [5.41, 5.74) is 0.793. The first-order valence-corrected chi connectivity index (χ1v) is 7.16. The van der Waals surface area contributed by atoms with Crippen molar-refractivity contribution < 1.29 is 14.2 Å². The molecule has 0 saturated carbocycles. The summed E-state index contributed by atoms with van der Waals surface area (Å²) >= 11 is 5.37. The standard InChI is InChI=1S/C14H17N3O3S/c1-18-9-5-6-11(19-2)10(8-9)17-13(15-16-14(17)21)12-4-3-7-20-12/h5-6,8,12H,3-4,7H2,1-2H3,(H,16,21)/t12-/m1/s1. The fourth-order valence-electron chi connectivity index (χ4n) is 2.51.